The highest BCUT2D eigenvalue weighted by Gasteiger charge is 2.08. The molecule has 0 amide bonds. The molecule has 0 aliphatic rings. The average Bonchev–Trinajstić information content (AvgIpc) is 2.71. The van der Waals surface area contributed by atoms with Crippen LogP contribution in [-0.2, 0) is 6.42 Å². The van der Waals surface area contributed by atoms with E-state index in [0.717, 1.165) is 5.56 Å². The fourth-order valence-electron chi connectivity index (χ4n) is 1.92. The van der Waals surface area contributed by atoms with Gasteiger partial charge in [0, 0.05) is 6.42 Å². The van der Waals surface area contributed by atoms with E-state index >= 15 is 0 Å². The van der Waals surface area contributed by atoms with Crippen LogP contribution < -0.4 is 11.2 Å². The SMILES string of the molecule is O=c1[nH]c(=O)c2[nH]c(Cc3cccc(O)c3)nc2[nH]1. The highest BCUT2D eigenvalue weighted by Crippen LogP contribution is 2.14. The maximum Gasteiger partial charge on any atom is 0.327 e. The molecule has 0 saturated heterocycles. The quantitative estimate of drug-likeness (QED) is 0.527. The lowest BCUT2D eigenvalue weighted by Crippen LogP contribution is -2.21. The van der Waals surface area contributed by atoms with E-state index in [9.17, 15) is 14.7 Å². The van der Waals surface area contributed by atoms with Crippen molar-refractivity contribution in [2.75, 3.05) is 0 Å². The van der Waals surface area contributed by atoms with Gasteiger partial charge in [-0.15, -0.1) is 0 Å². The van der Waals surface area contributed by atoms with Crippen LogP contribution in [0.15, 0.2) is 33.9 Å². The topological polar surface area (TPSA) is 115 Å². The molecule has 0 aliphatic carbocycles. The van der Waals surface area contributed by atoms with E-state index in [2.05, 4.69) is 19.9 Å². The molecule has 0 fully saturated rings. The monoisotopic (exact) mass is 258 g/mol. The summed E-state index contributed by atoms with van der Waals surface area (Å²) in [7, 11) is 0. The Balaban J connectivity index is 2.05. The minimum absolute atomic E-state index is 0.167. The van der Waals surface area contributed by atoms with Gasteiger partial charge in [-0.2, -0.15) is 0 Å². The molecule has 2 aromatic heterocycles. The molecule has 7 heteroatoms. The van der Waals surface area contributed by atoms with Crippen LogP contribution in [-0.4, -0.2) is 25.0 Å². The zero-order valence-corrected chi connectivity index (χ0v) is 9.73. The number of aromatic amines is 3. The Labute approximate surface area is 106 Å². The molecule has 0 radical (unpaired) electrons. The highest BCUT2D eigenvalue weighted by molar-refractivity contribution is 5.68. The first-order chi connectivity index (χ1) is 9.11. The summed E-state index contributed by atoms with van der Waals surface area (Å²) >= 11 is 0. The van der Waals surface area contributed by atoms with Gasteiger partial charge in [0.2, 0.25) is 0 Å². The van der Waals surface area contributed by atoms with Crippen molar-refractivity contribution < 1.29 is 5.11 Å². The van der Waals surface area contributed by atoms with Gasteiger partial charge < -0.3 is 10.1 Å². The molecule has 0 spiro atoms. The molecule has 1 aromatic carbocycles. The van der Waals surface area contributed by atoms with Crippen LogP contribution in [0, 0.1) is 0 Å². The van der Waals surface area contributed by atoms with Gasteiger partial charge >= 0.3 is 5.69 Å². The molecule has 0 atom stereocenters. The number of hydrogen-bond donors (Lipinski definition) is 4. The minimum Gasteiger partial charge on any atom is -0.508 e. The lowest BCUT2D eigenvalue weighted by Gasteiger charge is -1.98. The van der Waals surface area contributed by atoms with E-state index in [1.807, 2.05) is 6.07 Å². The molecular formula is C12H10N4O3. The van der Waals surface area contributed by atoms with Crippen LogP contribution in [0.2, 0.25) is 0 Å². The van der Waals surface area contributed by atoms with Crippen molar-refractivity contribution in [3.8, 4) is 5.75 Å². The lowest BCUT2D eigenvalue weighted by molar-refractivity contribution is 0.474. The number of nitrogens with one attached hydrogen (secondary N) is 3. The third-order valence-corrected chi connectivity index (χ3v) is 2.72. The van der Waals surface area contributed by atoms with Crippen molar-refractivity contribution in [3.63, 3.8) is 0 Å². The molecular weight excluding hydrogens is 248 g/mol. The van der Waals surface area contributed by atoms with Crippen molar-refractivity contribution >= 4 is 11.2 Å². The van der Waals surface area contributed by atoms with Crippen LogP contribution in [0.25, 0.3) is 11.2 Å². The van der Waals surface area contributed by atoms with Crippen molar-refractivity contribution in [1.82, 2.24) is 19.9 Å². The van der Waals surface area contributed by atoms with Crippen LogP contribution in [0.3, 0.4) is 0 Å². The van der Waals surface area contributed by atoms with Crippen molar-refractivity contribution in [1.29, 1.82) is 0 Å². The maximum atomic E-state index is 11.5. The Kier molecular flexibility index (Phi) is 2.45. The second-order valence-electron chi connectivity index (χ2n) is 4.16. The van der Waals surface area contributed by atoms with Gasteiger partial charge in [0.1, 0.15) is 17.1 Å². The van der Waals surface area contributed by atoms with Crippen LogP contribution in [0.5, 0.6) is 5.75 Å². The number of H-pyrrole nitrogens is 3. The van der Waals surface area contributed by atoms with Gasteiger partial charge in [0.15, 0.2) is 5.65 Å². The van der Waals surface area contributed by atoms with Crippen LogP contribution in [0.1, 0.15) is 11.4 Å². The highest BCUT2D eigenvalue weighted by atomic mass is 16.3. The molecule has 2 heterocycles. The van der Waals surface area contributed by atoms with Gasteiger partial charge in [-0.05, 0) is 17.7 Å². The summed E-state index contributed by atoms with van der Waals surface area (Å²) in [6, 6.07) is 6.74. The number of fused-ring (bicyclic) bond motifs is 1. The Morgan fingerprint density at radius 2 is 2.00 bits per heavy atom. The summed E-state index contributed by atoms with van der Waals surface area (Å²) in [6.45, 7) is 0. The normalized spacial score (nSPS) is 10.9. The number of hydrogen-bond acceptors (Lipinski definition) is 4. The largest absolute Gasteiger partial charge is 0.508 e. The first-order valence-electron chi connectivity index (χ1n) is 5.61. The predicted octanol–water partition coefficient (Wildman–Crippen LogP) is 0.236. The molecule has 7 nitrogen and oxygen atoms in total. The molecule has 0 aliphatic heterocycles. The number of phenolic OH excluding ortho intramolecular Hbond substituents is 1. The van der Waals surface area contributed by atoms with Gasteiger partial charge in [0.25, 0.3) is 5.56 Å². The van der Waals surface area contributed by atoms with Gasteiger partial charge in [-0.25, -0.2) is 9.78 Å². The van der Waals surface area contributed by atoms with Crippen LogP contribution >= 0.6 is 0 Å². The van der Waals surface area contributed by atoms with Gasteiger partial charge in [-0.3, -0.25) is 14.8 Å². The smallest absolute Gasteiger partial charge is 0.327 e. The second kappa shape index (κ2) is 4.13. The molecule has 19 heavy (non-hydrogen) atoms. The fourth-order valence-corrected chi connectivity index (χ4v) is 1.92. The maximum absolute atomic E-state index is 11.5. The number of imidazole rings is 1. The average molecular weight is 258 g/mol. The van der Waals surface area contributed by atoms with Crippen molar-refractivity contribution in [2.45, 2.75) is 6.42 Å². The third-order valence-electron chi connectivity index (χ3n) is 2.72. The zero-order chi connectivity index (χ0) is 13.4. The Morgan fingerprint density at radius 1 is 1.16 bits per heavy atom. The molecule has 96 valence electrons. The zero-order valence-electron chi connectivity index (χ0n) is 9.73. The summed E-state index contributed by atoms with van der Waals surface area (Å²) in [5.41, 5.74) is 0.206. The van der Waals surface area contributed by atoms with Gasteiger partial charge in [-0.1, -0.05) is 12.1 Å². The lowest BCUT2D eigenvalue weighted by atomic mass is 10.1. The summed E-state index contributed by atoms with van der Waals surface area (Å²) in [5.74, 6) is 0.702. The number of rotatable bonds is 2. The Hall–Kier alpha value is -2.83. The summed E-state index contributed by atoms with van der Waals surface area (Å²) in [6.07, 6.45) is 0.421. The van der Waals surface area contributed by atoms with Crippen LogP contribution in [0.4, 0.5) is 0 Å². The van der Waals surface area contributed by atoms with E-state index in [1.165, 1.54) is 0 Å². The number of phenols is 1. The molecule has 0 unspecified atom stereocenters. The van der Waals surface area contributed by atoms with E-state index in [4.69, 9.17) is 0 Å². The van der Waals surface area contributed by atoms with Gasteiger partial charge in [0.05, 0.1) is 0 Å². The van der Waals surface area contributed by atoms with E-state index in [-0.39, 0.29) is 16.9 Å². The molecule has 0 saturated carbocycles. The van der Waals surface area contributed by atoms with Crippen molar-refractivity contribution in [3.05, 3.63) is 56.5 Å². The number of nitrogens with zero attached hydrogens (tertiary/aromatic N) is 1. The fraction of sp³-hybridized carbons (Fsp3) is 0.0833. The van der Waals surface area contributed by atoms with Crippen molar-refractivity contribution in [2.24, 2.45) is 0 Å². The predicted molar refractivity (Wildman–Crippen MR) is 68.2 cm³/mol. The number of aromatic hydroxyl groups is 1. The Morgan fingerprint density at radius 3 is 2.79 bits per heavy atom. The molecule has 3 rings (SSSR count). The van der Waals surface area contributed by atoms with E-state index in [0.29, 0.717) is 12.2 Å². The second-order valence-corrected chi connectivity index (χ2v) is 4.16. The molecule has 0 bridgehead atoms. The number of aromatic nitrogens is 4. The first-order valence-corrected chi connectivity index (χ1v) is 5.61. The third kappa shape index (κ3) is 2.13. The summed E-state index contributed by atoms with van der Waals surface area (Å²) in [4.78, 5) is 34.2. The number of benzene rings is 1. The summed E-state index contributed by atoms with van der Waals surface area (Å²) < 4.78 is 0. The Bertz CT molecular complexity index is 859. The standard InChI is InChI=1S/C12H10N4O3/c17-7-3-1-2-6(4-7)5-8-13-9-10(14-8)15-12(19)16-11(9)18/h1-4,17H,5H2,(H3,13,14,15,16,18,19). The summed E-state index contributed by atoms with van der Waals surface area (Å²) in [5, 5.41) is 9.38. The molecule has 3 aromatic rings. The minimum atomic E-state index is -0.590. The van der Waals surface area contributed by atoms with E-state index in [1.54, 1.807) is 18.2 Å². The molecule has 4 N–H and O–H groups in total. The van der Waals surface area contributed by atoms with E-state index < -0.39 is 11.2 Å². The first kappa shape index (κ1) is 11.3.